The average molecular weight is 435 g/mol. The summed E-state index contributed by atoms with van der Waals surface area (Å²) in [5, 5.41) is 3.50. The number of hydrogen-bond acceptors (Lipinski definition) is 4. The lowest BCUT2D eigenvalue weighted by molar-refractivity contribution is 0.383. The summed E-state index contributed by atoms with van der Waals surface area (Å²) in [5.41, 5.74) is 4.93. The lowest BCUT2D eigenvalue weighted by atomic mass is 9.94. The number of benzene rings is 3. The van der Waals surface area contributed by atoms with Gasteiger partial charge in [-0.2, -0.15) is 0 Å². The van der Waals surface area contributed by atoms with Gasteiger partial charge in [0, 0.05) is 15.8 Å². The van der Waals surface area contributed by atoms with E-state index >= 15 is 0 Å². The van der Waals surface area contributed by atoms with Crippen LogP contribution in [0, 0.1) is 0 Å². The zero-order chi connectivity index (χ0) is 20.7. The molecule has 0 saturated heterocycles. The molecule has 1 heterocycles. The third-order valence-corrected chi connectivity index (χ3v) is 8.33. The van der Waals surface area contributed by atoms with Gasteiger partial charge in [-0.1, -0.05) is 55.1 Å². The van der Waals surface area contributed by atoms with Crippen LogP contribution in [0.15, 0.2) is 88.0 Å². The number of rotatable bonds is 5. The Morgan fingerprint density at radius 1 is 0.933 bits per heavy atom. The molecule has 0 atom stereocenters. The van der Waals surface area contributed by atoms with E-state index in [0.29, 0.717) is 4.90 Å². The molecular formula is C24H22N2O2S2. The zero-order valence-electron chi connectivity index (χ0n) is 16.4. The van der Waals surface area contributed by atoms with Gasteiger partial charge >= 0.3 is 0 Å². The Balaban J connectivity index is 1.36. The highest BCUT2D eigenvalue weighted by Gasteiger charge is 2.24. The second-order valence-corrected chi connectivity index (χ2v) is 10.5. The molecule has 1 fully saturated rings. The fraction of sp³-hybridized carbons (Fsp3) is 0.167. The molecule has 0 radical (unpaired) electrons. The van der Waals surface area contributed by atoms with E-state index in [4.69, 9.17) is 0 Å². The van der Waals surface area contributed by atoms with Gasteiger partial charge in [-0.25, -0.2) is 13.1 Å². The number of nitrogens with one attached hydrogen (secondary N) is 2. The summed E-state index contributed by atoms with van der Waals surface area (Å²) in [6, 6.07) is 21.6. The van der Waals surface area contributed by atoms with Crippen molar-refractivity contribution in [2.24, 2.45) is 0 Å². The Morgan fingerprint density at radius 3 is 2.37 bits per heavy atom. The van der Waals surface area contributed by atoms with Gasteiger partial charge in [0.25, 0.3) is 0 Å². The summed E-state index contributed by atoms with van der Waals surface area (Å²) < 4.78 is 27.8. The van der Waals surface area contributed by atoms with Crippen LogP contribution in [0.1, 0.15) is 30.4 Å². The molecule has 1 aliphatic heterocycles. The molecule has 3 aromatic rings. The molecule has 0 aromatic heterocycles. The van der Waals surface area contributed by atoms with Gasteiger partial charge in [-0.15, -0.1) is 0 Å². The zero-order valence-corrected chi connectivity index (χ0v) is 18.0. The lowest BCUT2D eigenvalue weighted by Gasteiger charge is -2.26. The lowest BCUT2D eigenvalue weighted by Crippen LogP contribution is -2.39. The minimum atomic E-state index is -3.46. The topological polar surface area (TPSA) is 58.2 Å². The Labute approximate surface area is 181 Å². The van der Waals surface area contributed by atoms with Crippen molar-refractivity contribution in [3.8, 4) is 0 Å². The SMILES string of the molecule is C=C(c1ccc(S(=O)(=O)NC2CCC2)cc1)c1ccc2c(c1)Nc1ccccc1S2. The molecule has 30 heavy (non-hydrogen) atoms. The Bertz CT molecular complexity index is 1230. The maximum Gasteiger partial charge on any atom is 0.240 e. The minimum Gasteiger partial charge on any atom is -0.354 e. The molecule has 1 aliphatic carbocycles. The first-order chi connectivity index (χ1) is 14.5. The van der Waals surface area contributed by atoms with Gasteiger partial charge in [0.1, 0.15) is 0 Å². The van der Waals surface area contributed by atoms with Crippen LogP contribution in [0.3, 0.4) is 0 Å². The largest absolute Gasteiger partial charge is 0.354 e. The first-order valence-electron chi connectivity index (χ1n) is 10.00. The third kappa shape index (κ3) is 3.67. The second kappa shape index (κ2) is 7.61. The molecule has 0 bridgehead atoms. The van der Waals surface area contributed by atoms with E-state index in [1.54, 1.807) is 23.9 Å². The van der Waals surface area contributed by atoms with E-state index in [2.05, 4.69) is 46.9 Å². The normalized spacial score (nSPS) is 15.5. The van der Waals surface area contributed by atoms with E-state index in [-0.39, 0.29) is 6.04 Å². The predicted molar refractivity (Wildman–Crippen MR) is 123 cm³/mol. The molecule has 6 heteroatoms. The van der Waals surface area contributed by atoms with Crippen LogP contribution < -0.4 is 10.0 Å². The molecule has 3 aromatic carbocycles. The van der Waals surface area contributed by atoms with Crippen molar-refractivity contribution in [2.75, 3.05) is 5.32 Å². The number of anilines is 2. The van der Waals surface area contributed by atoms with E-state index < -0.39 is 10.0 Å². The van der Waals surface area contributed by atoms with Crippen LogP contribution in [-0.4, -0.2) is 14.5 Å². The Kier molecular flexibility index (Phi) is 4.93. The van der Waals surface area contributed by atoms with Crippen molar-refractivity contribution in [2.45, 2.75) is 40.0 Å². The smallest absolute Gasteiger partial charge is 0.240 e. The molecule has 0 amide bonds. The summed E-state index contributed by atoms with van der Waals surface area (Å²) >= 11 is 1.75. The van der Waals surface area contributed by atoms with Crippen LogP contribution in [0.25, 0.3) is 5.57 Å². The van der Waals surface area contributed by atoms with E-state index in [1.165, 1.54) is 9.79 Å². The van der Waals surface area contributed by atoms with Gasteiger partial charge in [-0.3, -0.25) is 0 Å². The highest BCUT2D eigenvalue weighted by molar-refractivity contribution is 7.99. The maximum absolute atomic E-state index is 12.5. The van der Waals surface area contributed by atoms with Crippen molar-refractivity contribution in [3.05, 3.63) is 84.4 Å². The van der Waals surface area contributed by atoms with Crippen molar-refractivity contribution in [1.82, 2.24) is 4.72 Å². The molecule has 0 unspecified atom stereocenters. The van der Waals surface area contributed by atoms with Gasteiger partial charge in [0.2, 0.25) is 10.0 Å². The van der Waals surface area contributed by atoms with Crippen LogP contribution in [0.4, 0.5) is 11.4 Å². The molecule has 2 aliphatic rings. The number of hydrogen-bond donors (Lipinski definition) is 2. The molecule has 4 nitrogen and oxygen atoms in total. The summed E-state index contributed by atoms with van der Waals surface area (Å²) in [4.78, 5) is 2.68. The summed E-state index contributed by atoms with van der Waals surface area (Å²) in [6.07, 6.45) is 2.93. The van der Waals surface area contributed by atoms with Crippen molar-refractivity contribution in [3.63, 3.8) is 0 Å². The highest BCUT2D eigenvalue weighted by atomic mass is 32.2. The average Bonchev–Trinajstić information content (AvgIpc) is 2.74. The molecule has 5 rings (SSSR count). The fourth-order valence-corrected chi connectivity index (χ4v) is 5.92. The number of fused-ring (bicyclic) bond motifs is 2. The molecule has 2 N–H and O–H groups in total. The highest BCUT2D eigenvalue weighted by Crippen LogP contribution is 2.44. The quantitative estimate of drug-likeness (QED) is 0.418. The predicted octanol–water partition coefficient (Wildman–Crippen LogP) is 5.79. The summed E-state index contributed by atoms with van der Waals surface area (Å²) in [6.45, 7) is 4.25. The van der Waals surface area contributed by atoms with Gasteiger partial charge < -0.3 is 5.32 Å². The van der Waals surface area contributed by atoms with Crippen LogP contribution in [0.2, 0.25) is 0 Å². The van der Waals surface area contributed by atoms with Crippen molar-refractivity contribution in [1.29, 1.82) is 0 Å². The molecule has 1 saturated carbocycles. The minimum absolute atomic E-state index is 0.0793. The summed E-state index contributed by atoms with van der Waals surface area (Å²) in [7, 11) is -3.46. The van der Waals surface area contributed by atoms with E-state index in [9.17, 15) is 8.42 Å². The van der Waals surface area contributed by atoms with Crippen LogP contribution in [0.5, 0.6) is 0 Å². The number of sulfonamides is 1. The maximum atomic E-state index is 12.5. The van der Waals surface area contributed by atoms with E-state index in [0.717, 1.165) is 47.3 Å². The summed E-state index contributed by atoms with van der Waals surface area (Å²) in [5.74, 6) is 0. The first-order valence-corrected chi connectivity index (χ1v) is 12.3. The Morgan fingerprint density at radius 2 is 1.63 bits per heavy atom. The fourth-order valence-electron chi connectivity index (χ4n) is 3.64. The standard InChI is InChI=1S/C24H22N2O2S2/c1-16(17-9-12-20(13-10-17)30(27,28)26-19-5-4-6-19)18-11-14-24-22(15-18)25-21-7-2-3-8-23(21)29-24/h2-3,7-15,19,25-26H,1,4-6H2. The van der Waals surface area contributed by atoms with Crippen molar-refractivity contribution < 1.29 is 8.42 Å². The Hall–Kier alpha value is -2.54. The monoisotopic (exact) mass is 434 g/mol. The van der Waals surface area contributed by atoms with E-state index in [1.807, 2.05) is 24.3 Å². The first kappa shape index (κ1) is 19.4. The van der Waals surface area contributed by atoms with Crippen LogP contribution >= 0.6 is 11.8 Å². The third-order valence-electron chi connectivity index (χ3n) is 5.64. The molecular weight excluding hydrogens is 412 g/mol. The van der Waals surface area contributed by atoms with Gasteiger partial charge in [0.15, 0.2) is 0 Å². The second-order valence-electron chi connectivity index (χ2n) is 7.69. The molecule has 152 valence electrons. The van der Waals surface area contributed by atoms with Gasteiger partial charge in [0.05, 0.1) is 16.3 Å². The van der Waals surface area contributed by atoms with Crippen molar-refractivity contribution >= 4 is 38.7 Å². The number of para-hydroxylation sites is 1. The van der Waals surface area contributed by atoms with Crippen LogP contribution in [-0.2, 0) is 10.0 Å². The molecule has 0 spiro atoms. The van der Waals surface area contributed by atoms with Gasteiger partial charge in [-0.05, 0) is 65.9 Å².